The maximum atomic E-state index is 10.8. The van der Waals surface area contributed by atoms with E-state index in [9.17, 15) is 8.42 Å². The minimum absolute atomic E-state index is 0.271. The molecule has 1 radical (unpaired) electrons. The van der Waals surface area contributed by atoms with E-state index in [1.54, 1.807) is 12.1 Å². The fourth-order valence-electron chi connectivity index (χ4n) is 1.30. The predicted molar refractivity (Wildman–Crippen MR) is 51.4 cm³/mol. The van der Waals surface area contributed by atoms with Crippen LogP contribution < -0.4 is 0 Å². The highest BCUT2D eigenvalue weighted by Crippen LogP contribution is 2.18. The lowest BCUT2D eigenvalue weighted by atomic mass is 10.1. The molecule has 0 aliphatic rings. The van der Waals surface area contributed by atoms with Gasteiger partial charge in [0.15, 0.2) is 10.7 Å². The fourth-order valence-corrected chi connectivity index (χ4v) is 1.88. The molecule has 0 aliphatic carbocycles. The molecule has 0 N–H and O–H groups in total. The largest absolute Gasteiger partial charge is 0.227 e. The highest BCUT2D eigenvalue weighted by Gasteiger charge is 2.00. The molecule has 3 heteroatoms. The topological polar surface area (TPSA) is 34.1 Å². The molecule has 0 saturated heterocycles. The van der Waals surface area contributed by atoms with Crippen LogP contribution in [-0.2, 0) is 10.7 Å². The van der Waals surface area contributed by atoms with Gasteiger partial charge >= 0.3 is 0 Å². The highest BCUT2D eigenvalue weighted by atomic mass is 32.2. The van der Waals surface area contributed by atoms with Gasteiger partial charge in [0.25, 0.3) is 0 Å². The van der Waals surface area contributed by atoms with E-state index >= 15 is 0 Å². The van der Waals surface area contributed by atoms with Crippen molar-refractivity contribution >= 4 is 21.5 Å². The van der Waals surface area contributed by atoms with Gasteiger partial charge < -0.3 is 0 Å². The smallest absolute Gasteiger partial charge is 0.169 e. The van der Waals surface area contributed by atoms with Crippen molar-refractivity contribution in [3.63, 3.8) is 0 Å². The first-order chi connectivity index (χ1) is 6.29. The number of hydrogen-bond acceptors (Lipinski definition) is 2. The molecular weight excluding hydrogens is 184 g/mol. The molecule has 0 unspecified atom stereocenters. The van der Waals surface area contributed by atoms with Gasteiger partial charge in [0.1, 0.15) is 0 Å². The van der Waals surface area contributed by atoms with Gasteiger partial charge in [-0.25, -0.2) is 8.42 Å². The standard InChI is InChI=1S/C10H7O2S/c11-13(12)10-7-3-5-8-4-1-2-6-9(8)10/h1-6,13H. The van der Waals surface area contributed by atoms with Gasteiger partial charge in [0.2, 0.25) is 0 Å². The van der Waals surface area contributed by atoms with E-state index in [0.29, 0.717) is 0 Å². The third kappa shape index (κ3) is 1.42. The van der Waals surface area contributed by atoms with Gasteiger partial charge in [-0.3, -0.25) is 0 Å². The Morgan fingerprint density at radius 3 is 2.62 bits per heavy atom. The quantitative estimate of drug-likeness (QED) is 0.695. The molecule has 0 bridgehead atoms. The summed E-state index contributed by atoms with van der Waals surface area (Å²) in [6, 6.07) is 13.5. The molecule has 0 atom stereocenters. The lowest BCUT2D eigenvalue weighted by Crippen LogP contribution is -1.82. The summed E-state index contributed by atoms with van der Waals surface area (Å²) < 4.78 is 21.6. The monoisotopic (exact) mass is 191 g/mol. The summed E-state index contributed by atoms with van der Waals surface area (Å²) in [4.78, 5) is 0.271. The van der Waals surface area contributed by atoms with Crippen LogP contribution in [0.1, 0.15) is 0 Å². The van der Waals surface area contributed by atoms with E-state index in [2.05, 4.69) is 6.07 Å². The van der Waals surface area contributed by atoms with Crippen LogP contribution in [0.5, 0.6) is 0 Å². The Morgan fingerprint density at radius 1 is 1.08 bits per heavy atom. The van der Waals surface area contributed by atoms with Crippen molar-refractivity contribution in [3.05, 3.63) is 42.5 Å². The van der Waals surface area contributed by atoms with E-state index in [-0.39, 0.29) is 4.90 Å². The molecule has 2 aromatic rings. The van der Waals surface area contributed by atoms with Crippen LogP contribution >= 0.6 is 0 Å². The van der Waals surface area contributed by atoms with Crippen LogP contribution in [0.4, 0.5) is 0 Å². The van der Waals surface area contributed by atoms with Gasteiger partial charge in [-0.2, -0.15) is 0 Å². The van der Waals surface area contributed by atoms with Crippen LogP contribution in [0.3, 0.4) is 0 Å². The summed E-state index contributed by atoms with van der Waals surface area (Å²) in [6.07, 6.45) is 0. The average Bonchev–Trinajstić information content (AvgIpc) is 2.17. The third-order valence-corrected chi connectivity index (χ3v) is 2.62. The normalized spacial score (nSPS) is 10.8. The molecule has 0 saturated carbocycles. The Hall–Kier alpha value is -1.35. The number of thiol groups is 1. The lowest BCUT2D eigenvalue weighted by Gasteiger charge is -1.98. The van der Waals surface area contributed by atoms with Gasteiger partial charge in [-0.15, -0.1) is 0 Å². The van der Waals surface area contributed by atoms with E-state index < -0.39 is 10.7 Å². The van der Waals surface area contributed by atoms with Crippen molar-refractivity contribution in [2.75, 3.05) is 0 Å². The molecule has 2 rings (SSSR count). The molecule has 0 fully saturated rings. The van der Waals surface area contributed by atoms with Gasteiger partial charge in [0.05, 0.1) is 4.90 Å². The summed E-state index contributed by atoms with van der Waals surface area (Å²) in [7, 11) is -2.55. The van der Waals surface area contributed by atoms with Crippen molar-refractivity contribution in [2.24, 2.45) is 0 Å². The average molecular weight is 191 g/mol. The minimum Gasteiger partial charge on any atom is -0.227 e. The Kier molecular flexibility index (Phi) is 2.02. The van der Waals surface area contributed by atoms with Crippen molar-refractivity contribution < 1.29 is 8.42 Å². The van der Waals surface area contributed by atoms with E-state index in [0.717, 1.165) is 10.8 Å². The summed E-state index contributed by atoms with van der Waals surface area (Å²) in [5, 5.41) is 1.66. The third-order valence-electron chi connectivity index (χ3n) is 1.88. The first kappa shape index (κ1) is 8.26. The van der Waals surface area contributed by atoms with E-state index in [1.807, 2.05) is 24.3 Å². The molecule has 0 aromatic heterocycles. The van der Waals surface area contributed by atoms with Crippen molar-refractivity contribution in [1.82, 2.24) is 0 Å². The maximum absolute atomic E-state index is 10.8. The molecule has 0 heterocycles. The maximum Gasteiger partial charge on any atom is 0.169 e. The van der Waals surface area contributed by atoms with E-state index in [1.165, 1.54) is 0 Å². The Bertz CT molecular complexity index is 502. The van der Waals surface area contributed by atoms with Gasteiger partial charge in [-0.1, -0.05) is 36.4 Å². The number of benzene rings is 2. The molecular formula is C10H7O2S. The van der Waals surface area contributed by atoms with Crippen molar-refractivity contribution in [1.29, 1.82) is 0 Å². The minimum atomic E-state index is -2.55. The Balaban J connectivity index is 2.91. The zero-order valence-electron chi connectivity index (χ0n) is 6.73. The highest BCUT2D eigenvalue weighted by molar-refractivity contribution is 7.72. The van der Waals surface area contributed by atoms with Crippen LogP contribution in [0.25, 0.3) is 10.8 Å². The molecule has 0 spiro atoms. The first-order valence-electron chi connectivity index (χ1n) is 3.83. The van der Waals surface area contributed by atoms with E-state index in [4.69, 9.17) is 0 Å². The number of hydrogen-bond donors (Lipinski definition) is 1. The van der Waals surface area contributed by atoms with Crippen LogP contribution in [0.2, 0.25) is 0 Å². The van der Waals surface area contributed by atoms with Gasteiger partial charge in [0, 0.05) is 11.5 Å². The SMILES string of the molecule is O=[SH](=O)c1[c]ccc2ccccc12. The Labute approximate surface area is 77.8 Å². The summed E-state index contributed by atoms with van der Waals surface area (Å²) in [5.41, 5.74) is 0. The molecule has 0 amide bonds. The summed E-state index contributed by atoms with van der Waals surface area (Å²) in [6.45, 7) is 0. The summed E-state index contributed by atoms with van der Waals surface area (Å²) in [5.74, 6) is 0. The second-order valence-electron chi connectivity index (χ2n) is 2.67. The van der Waals surface area contributed by atoms with Crippen molar-refractivity contribution in [3.8, 4) is 0 Å². The molecule has 2 aromatic carbocycles. The number of fused-ring (bicyclic) bond motifs is 1. The molecule has 13 heavy (non-hydrogen) atoms. The number of rotatable bonds is 1. The predicted octanol–water partition coefficient (Wildman–Crippen LogP) is 1.61. The first-order valence-corrected chi connectivity index (χ1v) is 5.00. The lowest BCUT2D eigenvalue weighted by molar-refractivity contribution is 0.615. The molecule has 0 aliphatic heterocycles. The second-order valence-corrected chi connectivity index (χ2v) is 3.63. The van der Waals surface area contributed by atoms with Crippen LogP contribution in [-0.4, -0.2) is 8.42 Å². The second kappa shape index (κ2) is 3.18. The molecule has 2 nitrogen and oxygen atoms in total. The molecule has 65 valence electrons. The van der Waals surface area contributed by atoms with Crippen LogP contribution in [0.15, 0.2) is 41.3 Å². The zero-order chi connectivity index (χ0) is 9.26. The Morgan fingerprint density at radius 2 is 1.85 bits per heavy atom. The zero-order valence-corrected chi connectivity index (χ0v) is 7.62. The van der Waals surface area contributed by atoms with Crippen LogP contribution in [0, 0.1) is 6.07 Å². The van der Waals surface area contributed by atoms with Crippen molar-refractivity contribution in [2.45, 2.75) is 4.90 Å². The summed E-state index contributed by atoms with van der Waals surface area (Å²) >= 11 is 0. The fraction of sp³-hybridized carbons (Fsp3) is 0. The van der Waals surface area contributed by atoms with Gasteiger partial charge in [-0.05, 0) is 5.39 Å².